The van der Waals surface area contributed by atoms with Gasteiger partial charge in [-0.15, -0.1) is 11.3 Å². The van der Waals surface area contributed by atoms with E-state index in [0.29, 0.717) is 6.04 Å². The Morgan fingerprint density at radius 1 is 1.14 bits per heavy atom. The maximum absolute atomic E-state index is 3.68. The molecule has 0 radical (unpaired) electrons. The van der Waals surface area contributed by atoms with Crippen molar-refractivity contribution in [2.75, 3.05) is 6.54 Å². The van der Waals surface area contributed by atoms with Crippen LogP contribution in [0.1, 0.15) is 54.3 Å². The van der Waals surface area contributed by atoms with Crippen LogP contribution >= 0.6 is 27.3 Å². The van der Waals surface area contributed by atoms with Crippen molar-refractivity contribution in [2.24, 2.45) is 0 Å². The summed E-state index contributed by atoms with van der Waals surface area (Å²) < 4.78 is 1.24. The van der Waals surface area contributed by atoms with Crippen molar-refractivity contribution in [3.63, 3.8) is 0 Å². The third kappa shape index (κ3) is 4.41. The number of rotatable bonds is 7. The van der Waals surface area contributed by atoms with Gasteiger partial charge in [0.25, 0.3) is 0 Å². The van der Waals surface area contributed by atoms with Crippen molar-refractivity contribution in [2.45, 2.75) is 46.1 Å². The summed E-state index contributed by atoms with van der Waals surface area (Å²) in [5, 5.41) is 3.68. The van der Waals surface area contributed by atoms with Gasteiger partial charge in [-0.3, -0.25) is 0 Å². The molecule has 0 aliphatic heterocycles. The average Bonchev–Trinajstić information content (AvgIpc) is 2.81. The highest BCUT2D eigenvalue weighted by Crippen LogP contribution is 2.34. The minimum Gasteiger partial charge on any atom is -0.306 e. The molecule has 1 heterocycles. The predicted octanol–water partition coefficient (Wildman–Crippen LogP) is 5.86. The van der Waals surface area contributed by atoms with Gasteiger partial charge in [0.15, 0.2) is 0 Å². The molecule has 0 spiro atoms. The Bertz CT molecular complexity index is 540. The van der Waals surface area contributed by atoms with Crippen LogP contribution in [0.5, 0.6) is 0 Å². The zero-order valence-electron chi connectivity index (χ0n) is 13.1. The lowest BCUT2D eigenvalue weighted by Crippen LogP contribution is -2.22. The maximum atomic E-state index is 3.68. The van der Waals surface area contributed by atoms with E-state index in [0.717, 1.165) is 19.4 Å². The van der Waals surface area contributed by atoms with Crippen molar-refractivity contribution in [3.8, 4) is 0 Å². The van der Waals surface area contributed by atoms with E-state index in [9.17, 15) is 0 Å². The van der Waals surface area contributed by atoms with E-state index in [2.05, 4.69) is 72.3 Å². The summed E-state index contributed by atoms with van der Waals surface area (Å²) >= 11 is 5.48. The van der Waals surface area contributed by atoms with Crippen LogP contribution in [0.3, 0.4) is 0 Å². The van der Waals surface area contributed by atoms with Crippen molar-refractivity contribution < 1.29 is 0 Å². The second kappa shape index (κ2) is 8.11. The highest BCUT2D eigenvalue weighted by atomic mass is 79.9. The van der Waals surface area contributed by atoms with Gasteiger partial charge in [-0.1, -0.05) is 44.5 Å². The van der Waals surface area contributed by atoms with Crippen molar-refractivity contribution in [3.05, 3.63) is 55.7 Å². The lowest BCUT2D eigenvalue weighted by molar-refractivity contribution is 0.605. The van der Waals surface area contributed by atoms with Crippen LogP contribution < -0.4 is 5.32 Å². The number of benzene rings is 1. The second-order valence-electron chi connectivity index (χ2n) is 5.48. The zero-order chi connectivity index (χ0) is 15.2. The van der Waals surface area contributed by atoms with Crippen molar-refractivity contribution >= 4 is 27.3 Å². The normalized spacial score (nSPS) is 12.6. The monoisotopic (exact) mass is 365 g/mol. The first-order valence-corrected chi connectivity index (χ1v) is 9.34. The lowest BCUT2D eigenvalue weighted by atomic mass is 10.0. The van der Waals surface area contributed by atoms with Gasteiger partial charge < -0.3 is 5.32 Å². The summed E-state index contributed by atoms with van der Waals surface area (Å²) in [6.07, 6.45) is 3.51. The Morgan fingerprint density at radius 2 is 1.86 bits per heavy atom. The molecule has 0 saturated heterocycles. The van der Waals surface area contributed by atoms with Crippen molar-refractivity contribution in [1.82, 2.24) is 5.32 Å². The highest BCUT2D eigenvalue weighted by molar-refractivity contribution is 9.11. The molecule has 2 rings (SSSR count). The molecule has 0 amide bonds. The van der Waals surface area contributed by atoms with E-state index in [-0.39, 0.29) is 0 Å². The summed E-state index contributed by atoms with van der Waals surface area (Å²) in [6, 6.07) is 11.7. The van der Waals surface area contributed by atoms with E-state index >= 15 is 0 Å². The van der Waals surface area contributed by atoms with Crippen LogP contribution in [0.2, 0.25) is 0 Å². The van der Waals surface area contributed by atoms with Crippen LogP contribution in [-0.4, -0.2) is 6.54 Å². The largest absolute Gasteiger partial charge is 0.306 e. The Hall–Kier alpha value is -0.640. The number of hydrogen-bond acceptors (Lipinski definition) is 2. The molecule has 1 nitrogen and oxygen atoms in total. The van der Waals surface area contributed by atoms with Gasteiger partial charge in [-0.25, -0.2) is 0 Å². The molecule has 1 unspecified atom stereocenters. The van der Waals surface area contributed by atoms with E-state index in [1.165, 1.54) is 31.8 Å². The molecule has 0 aliphatic rings. The molecule has 21 heavy (non-hydrogen) atoms. The van der Waals surface area contributed by atoms with E-state index in [4.69, 9.17) is 0 Å². The summed E-state index contributed by atoms with van der Waals surface area (Å²) in [7, 11) is 0. The fourth-order valence-corrected chi connectivity index (χ4v) is 4.14. The standard InChI is InChI=1S/C18H24BrNS/c1-4-6-14-7-9-15(10-8-14)17(20-11-5-2)16-12-13(3)18(19)21-16/h7-10,12,17,20H,4-6,11H2,1-3H3. The van der Waals surface area contributed by atoms with E-state index in [1.54, 1.807) is 0 Å². The van der Waals surface area contributed by atoms with Crippen LogP contribution in [0.15, 0.2) is 34.1 Å². The molecule has 0 aliphatic carbocycles. The van der Waals surface area contributed by atoms with Crippen LogP contribution in [-0.2, 0) is 6.42 Å². The van der Waals surface area contributed by atoms with Gasteiger partial charge >= 0.3 is 0 Å². The molecule has 2 aromatic rings. The predicted molar refractivity (Wildman–Crippen MR) is 97.3 cm³/mol. The van der Waals surface area contributed by atoms with Gasteiger partial charge in [0.1, 0.15) is 0 Å². The fourth-order valence-electron chi connectivity index (χ4n) is 2.46. The third-order valence-corrected chi connectivity index (χ3v) is 5.81. The number of halogens is 1. The number of thiophene rings is 1. The third-order valence-electron chi connectivity index (χ3n) is 3.61. The lowest BCUT2D eigenvalue weighted by Gasteiger charge is -2.18. The molecule has 0 fully saturated rings. The minimum atomic E-state index is 0.302. The molecule has 3 heteroatoms. The van der Waals surface area contributed by atoms with Crippen LogP contribution in [0.25, 0.3) is 0 Å². The van der Waals surface area contributed by atoms with E-state index < -0.39 is 0 Å². The second-order valence-corrected chi connectivity index (χ2v) is 7.89. The summed E-state index contributed by atoms with van der Waals surface area (Å²) in [5.74, 6) is 0. The Labute approximate surface area is 140 Å². The minimum absolute atomic E-state index is 0.302. The summed E-state index contributed by atoms with van der Waals surface area (Å²) in [6.45, 7) is 7.64. The Morgan fingerprint density at radius 3 is 2.38 bits per heavy atom. The molecule has 0 saturated carbocycles. The van der Waals surface area contributed by atoms with E-state index in [1.807, 2.05) is 11.3 Å². The molecule has 114 valence electrons. The topological polar surface area (TPSA) is 12.0 Å². The van der Waals surface area contributed by atoms with Crippen molar-refractivity contribution in [1.29, 1.82) is 0 Å². The van der Waals surface area contributed by atoms with Gasteiger partial charge in [-0.2, -0.15) is 0 Å². The van der Waals surface area contributed by atoms with Gasteiger partial charge in [0, 0.05) is 4.88 Å². The Kier molecular flexibility index (Phi) is 6.46. The fraction of sp³-hybridized carbons (Fsp3) is 0.444. The van der Waals surface area contributed by atoms with Gasteiger partial charge in [-0.05, 0) is 65.0 Å². The maximum Gasteiger partial charge on any atom is 0.0731 e. The summed E-state index contributed by atoms with van der Waals surface area (Å²) in [5.41, 5.74) is 4.11. The van der Waals surface area contributed by atoms with Crippen LogP contribution in [0, 0.1) is 6.92 Å². The van der Waals surface area contributed by atoms with Crippen LogP contribution in [0.4, 0.5) is 0 Å². The quantitative estimate of drug-likeness (QED) is 0.647. The number of nitrogens with one attached hydrogen (secondary N) is 1. The first kappa shape index (κ1) is 16.7. The van der Waals surface area contributed by atoms with Gasteiger partial charge in [0.05, 0.1) is 9.83 Å². The molecule has 1 aromatic carbocycles. The summed E-state index contributed by atoms with van der Waals surface area (Å²) in [4.78, 5) is 1.39. The highest BCUT2D eigenvalue weighted by Gasteiger charge is 2.16. The molecule has 1 atom stereocenters. The van der Waals surface area contributed by atoms with Gasteiger partial charge in [0.2, 0.25) is 0 Å². The number of hydrogen-bond donors (Lipinski definition) is 1. The zero-order valence-corrected chi connectivity index (χ0v) is 15.5. The molecular formula is C18H24BrNS. The molecule has 0 bridgehead atoms. The smallest absolute Gasteiger partial charge is 0.0731 e. The average molecular weight is 366 g/mol. The first-order valence-electron chi connectivity index (χ1n) is 7.73. The SMILES string of the molecule is CCCNC(c1ccc(CCC)cc1)c1cc(C)c(Br)s1. The Balaban J connectivity index is 2.26. The molecular weight excluding hydrogens is 342 g/mol. The molecule has 1 N–H and O–H groups in total. The number of aryl methyl sites for hydroxylation is 2. The molecule has 1 aromatic heterocycles. The first-order chi connectivity index (χ1) is 10.2.